The fourth-order valence-electron chi connectivity index (χ4n) is 1.94. The maximum atomic E-state index is 12.0. The number of nitrogens with zero attached hydrogens (tertiary/aromatic N) is 1. The fourth-order valence-corrected chi connectivity index (χ4v) is 2.50. The van der Waals surface area contributed by atoms with Crippen LogP contribution < -0.4 is 0 Å². The Labute approximate surface area is 103 Å². The topological polar surface area (TPSA) is 29.5 Å². The van der Waals surface area contributed by atoms with Crippen molar-refractivity contribution in [3.63, 3.8) is 0 Å². The van der Waals surface area contributed by atoms with E-state index in [2.05, 4.69) is 4.74 Å². The van der Waals surface area contributed by atoms with E-state index < -0.39 is 5.51 Å². The van der Waals surface area contributed by atoms with Crippen LogP contribution in [0.1, 0.15) is 19.3 Å². The van der Waals surface area contributed by atoms with Crippen LogP contribution >= 0.6 is 11.8 Å². The molecule has 17 heavy (non-hydrogen) atoms. The number of carbonyl (C=O) groups excluding carboxylic acids is 1. The van der Waals surface area contributed by atoms with Gasteiger partial charge in [0, 0.05) is 12.3 Å². The first kappa shape index (κ1) is 14.6. The number of carbonyl (C=O) groups is 1. The van der Waals surface area contributed by atoms with Crippen molar-refractivity contribution in [1.29, 1.82) is 0 Å². The molecule has 1 atom stereocenters. The summed E-state index contributed by atoms with van der Waals surface area (Å²) in [5.41, 5.74) is -4.20. The Bertz CT molecular complexity index is 260. The molecule has 0 spiro atoms. The van der Waals surface area contributed by atoms with E-state index in [-0.39, 0.29) is 36.1 Å². The molecule has 0 radical (unpaired) electrons. The zero-order chi connectivity index (χ0) is 12.9. The molecule has 1 unspecified atom stereocenters. The Hall–Kier alpha value is -0.430. The number of ether oxygens (including phenoxy) is 1. The number of hydrogen-bond donors (Lipinski definition) is 0. The molecular weight excluding hydrogens is 255 g/mol. The second kappa shape index (κ2) is 6.49. The van der Waals surface area contributed by atoms with Crippen molar-refractivity contribution in [2.75, 3.05) is 26.0 Å². The standard InChI is InChI=1S/C10H16F3NO2S/c1-16-9(15)8-4-2-3-5-14(8)6-7-17-10(11,12)13/h8H,2-7H2,1H3. The van der Waals surface area contributed by atoms with Crippen molar-refractivity contribution in [2.45, 2.75) is 30.8 Å². The summed E-state index contributed by atoms with van der Waals surface area (Å²) in [6, 6.07) is -0.373. The molecule has 1 rings (SSSR count). The van der Waals surface area contributed by atoms with E-state index in [1.165, 1.54) is 7.11 Å². The number of likely N-dealkylation sites (tertiary alicyclic amines) is 1. The molecule has 0 aromatic carbocycles. The summed E-state index contributed by atoms with van der Waals surface area (Å²) in [5, 5.41) is 0. The molecule has 0 aliphatic carbocycles. The Morgan fingerprint density at radius 1 is 1.47 bits per heavy atom. The predicted octanol–water partition coefficient (Wildman–Crippen LogP) is 2.27. The van der Waals surface area contributed by atoms with E-state index in [9.17, 15) is 18.0 Å². The number of hydrogen-bond acceptors (Lipinski definition) is 4. The number of methoxy groups -OCH3 is 1. The summed E-state index contributed by atoms with van der Waals surface area (Å²) in [7, 11) is 1.31. The van der Waals surface area contributed by atoms with Gasteiger partial charge >= 0.3 is 11.5 Å². The lowest BCUT2D eigenvalue weighted by Gasteiger charge is -2.33. The molecule has 0 amide bonds. The summed E-state index contributed by atoms with van der Waals surface area (Å²) >= 11 is -0.0452. The minimum absolute atomic E-state index is 0.0446. The van der Waals surface area contributed by atoms with Crippen molar-refractivity contribution in [3.8, 4) is 0 Å². The Balaban J connectivity index is 2.40. The van der Waals surface area contributed by atoms with Gasteiger partial charge in [-0.2, -0.15) is 13.2 Å². The highest BCUT2D eigenvalue weighted by atomic mass is 32.2. The van der Waals surface area contributed by atoms with Gasteiger partial charge in [0.25, 0.3) is 0 Å². The van der Waals surface area contributed by atoms with Gasteiger partial charge in [-0.3, -0.25) is 9.69 Å². The third kappa shape index (κ3) is 5.16. The molecule has 1 heterocycles. The first-order chi connectivity index (χ1) is 7.94. The predicted molar refractivity (Wildman–Crippen MR) is 59.7 cm³/mol. The van der Waals surface area contributed by atoms with Crippen LogP contribution in [0.2, 0.25) is 0 Å². The van der Waals surface area contributed by atoms with Crippen LogP contribution in [0.3, 0.4) is 0 Å². The first-order valence-corrected chi connectivity index (χ1v) is 6.45. The Morgan fingerprint density at radius 2 is 2.18 bits per heavy atom. The van der Waals surface area contributed by atoms with Gasteiger partial charge in [-0.1, -0.05) is 6.42 Å². The number of halogens is 3. The first-order valence-electron chi connectivity index (χ1n) is 5.46. The summed E-state index contributed by atoms with van der Waals surface area (Å²) < 4.78 is 40.6. The van der Waals surface area contributed by atoms with Gasteiger partial charge in [0.05, 0.1) is 7.11 Å². The molecule has 1 saturated heterocycles. The number of piperidine rings is 1. The van der Waals surface area contributed by atoms with Crippen molar-refractivity contribution in [1.82, 2.24) is 4.90 Å². The molecule has 1 aliphatic rings. The van der Waals surface area contributed by atoms with Crippen LogP contribution in [0.15, 0.2) is 0 Å². The zero-order valence-electron chi connectivity index (χ0n) is 9.63. The third-order valence-electron chi connectivity index (χ3n) is 2.73. The van der Waals surface area contributed by atoms with Crippen LogP contribution in [0.25, 0.3) is 0 Å². The zero-order valence-corrected chi connectivity index (χ0v) is 10.4. The van der Waals surface area contributed by atoms with Gasteiger partial charge in [-0.15, -0.1) is 0 Å². The monoisotopic (exact) mass is 271 g/mol. The minimum Gasteiger partial charge on any atom is -0.468 e. The molecule has 7 heteroatoms. The summed E-state index contributed by atoms with van der Waals surface area (Å²) in [4.78, 5) is 13.2. The quantitative estimate of drug-likeness (QED) is 0.734. The molecule has 0 N–H and O–H groups in total. The largest absolute Gasteiger partial charge is 0.468 e. The normalized spacial score (nSPS) is 22.5. The molecule has 0 aromatic heterocycles. The lowest BCUT2D eigenvalue weighted by Crippen LogP contribution is -2.46. The molecule has 100 valence electrons. The maximum absolute atomic E-state index is 12.0. The van der Waals surface area contributed by atoms with Crippen molar-refractivity contribution in [3.05, 3.63) is 0 Å². The van der Waals surface area contributed by atoms with Crippen LogP contribution in [0.5, 0.6) is 0 Å². The van der Waals surface area contributed by atoms with E-state index in [0.29, 0.717) is 13.0 Å². The highest BCUT2D eigenvalue weighted by Gasteiger charge is 2.31. The smallest absolute Gasteiger partial charge is 0.441 e. The molecule has 1 fully saturated rings. The minimum atomic E-state index is -4.20. The average molecular weight is 271 g/mol. The number of rotatable bonds is 4. The molecule has 1 aliphatic heterocycles. The Morgan fingerprint density at radius 3 is 2.76 bits per heavy atom. The number of esters is 1. The Kier molecular flexibility index (Phi) is 5.58. The fraction of sp³-hybridized carbons (Fsp3) is 0.900. The third-order valence-corrected chi connectivity index (χ3v) is 3.45. The second-order valence-electron chi connectivity index (χ2n) is 3.86. The summed E-state index contributed by atoms with van der Waals surface area (Å²) in [6.07, 6.45) is 2.51. The number of alkyl halides is 3. The van der Waals surface area contributed by atoms with Crippen LogP contribution in [-0.2, 0) is 9.53 Å². The van der Waals surface area contributed by atoms with E-state index in [4.69, 9.17) is 0 Å². The number of thioether (sulfide) groups is 1. The molecular formula is C10H16F3NO2S. The van der Waals surface area contributed by atoms with Gasteiger partial charge in [0.15, 0.2) is 0 Å². The van der Waals surface area contributed by atoms with Gasteiger partial charge in [-0.05, 0) is 31.1 Å². The van der Waals surface area contributed by atoms with Crippen LogP contribution in [0, 0.1) is 0 Å². The molecule has 0 aromatic rings. The maximum Gasteiger partial charge on any atom is 0.441 e. The van der Waals surface area contributed by atoms with Crippen LogP contribution in [-0.4, -0.2) is 48.4 Å². The van der Waals surface area contributed by atoms with Crippen molar-refractivity contribution < 1.29 is 22.7 Å². The van der Waals surface area contributed by atoms with Crippen LogP contribution in [0.4, 0.5) is 13.2 Å². The summed E-state index contributed by atoms with van der Waals surface area (Å²) in [6.45, 7) is 0.933. The van der Waals surface area contributed by atoms with E-state index in [1.807, 2.05) is 0 Å². The van der Waals surface area contributed by atoms with Gasteiger partial charge < -0.3 is 4.74 Å². The van der Waals surface area contributed by atoms with E-state index in [1.54, 1.807) is 4.90 Å². The SMILES string of the molecule is COC(=O)C1CCCCN1CCSC(F)(F)F. The molecule has 0 saturated carbocycles. The van der Waals surface area contributed by atoms with Crippen molar-refractivity contribution in [2.24, 2.45) is 0 Å². The highest BCUT2D eigenvalue weighted by Crippen LogP contribution is 2.30. The second-order valence-corrected chi connectivity index (χ2v) is 5.02. The lowest BCUT2D eigenvalue weighted by molar-refractivity contribution is -0.148. The van der Waals surface area contributed by atoms with E-state index >= 15 is 0 Å². The van der Waals surface area contributed by atoms with Gasteiger partial charge in [0.1, 0.15) is 6.04 Å². The lowest BCUT2D eigenvalue weighted by atomic mass is 10.0. The molecule has 0 bridgehead atoms. The average Bonchev–Trinajstić information content (AvgIpc) is 2.27. The van der Waals surface area contributed by atoms with Gasteiger partial charge in [-0.25, -0.2) is 0 Å². The van der Waals surface area contributed by atoms with Crippen molar-refractivity contribution >= 4 is 17.7 Å². The van der Waals surface area contributed by atoms with E-state index in [0.717, 1.165) is 12.8 Å². The van der Waals surface area contributed by atoms with Gasteiger partial charge in [0.2, 0.25) is 0 Å². The summed E-state index contributed by atoms with van der Waals surface area (Å²) in [5.74, 6) is -0.390. The highest BCUT2D eigenvalue weighted by molar-refractivity contribution is 8.00. The molecule has 3 nitrogen and oxygen atoms in total.